The molecule has 5 N–H and O–H groups in total. The number of aliphatic hydroxyl groups excluding tert-OH is 1. The topological polar surface area (TPSA) is 132 Å². The van der Waals surface area contributed by atoms with Crippen LogP contribution >= 0.6 is 0 Å². The summed E-state index contributed by atoms with van der Waals surface area (Å²) < 4.78 is 26.2. The Morgan fingerprint density at radius 1 is 1.32 bits per heavy atom. The van der Waals surface area contributed by atoms with Gasteiger partial charge in [-0.1, -0.05) is 0 Å². The smallest absolute Gasteiger partial charge is 0.413 e. The van der Waals surface area contributed by atoms with E-state index in [0.717, 1.165) is 11.3 Å². The van der Waals surface area contributed by atoms with Gasteiger partial charge < -0.3 is 25.6 Å². The molecule has 2 aromatic heterocycles. The number of aliphatic hydroxyl groups is 1. The first-order chi connectivity index (χ1) is 16.3. The number of aromatic nitrogens is 2. The van der Waals surface area contributed by atoms with Gasteiger partial charge in [-0.05, 0) is 55.7 Å². The van der Waals surface area contributed by atoms with Crippen LogP contribution in [0.5, 0.6) is 5.88 Å². The highest BCUT2D eigenvalue weighted by molar-refractivity contribution is 5.99. The summed E-state index contributed by atoms with van der Waals surface area (Å²) in [6.45, 7) is 4.76. The quantitative estimate of drug-likeness (QED) is 0.426. The molecule has 0 bridgehead atoms. The highest BCUT2D eigenvalue weighted by Gasteiger charge is 2.35. The second-order valence-corrected chi connectivity index (χ2v) is 8.82. The van der Waals surface area contributed by atoms with Crippen molar-refractivity contribution in [3.63, 3.8) is 0 Å². The molecular formula is C24H26FN5O4. The molecule has 3 heterocycles. The molecule has 0 unspecified atom stereocenters. The Morgan fingerprint density at radius 2 is 2.12 bits per heavy atom. The zero-order valence-electron chi connectivity index (χ0n) is 18.9. The minimum Gasteiger partial charge on any atom is -0.474 e. The monoisotopic (exact) mass is 467 g/mol. The maximum Gasteiger partial charge on any atom is 0.413 e. The van der Waals surface area contributed by atoms with Crippen LogP contribution in [0.1, 0.15) is 25.3 Å². The zero-order valence-corrected chi connectivity index (χ0v) is 18.9. The summed E-state index contributed by atoms with van der Waals surface area (Å²) in [5.41, 5.74) is 8.50. The minimum absolute atomic E-state index is 0.0333. The van der Waals surface area contributed by atoms with E-state index in [2.05, 4.69) is 20.6 Å². The Kier molecular flexibility index (Phi) is 5.60. The summed E-state index contributed by atoms with van der Waals surface area (Å²) in [6, 6.07) is 3.29. The van der Waals surface area contributed by atoms with Gasteiger partial charge in [0.2, 0.25) is 5.88 Å². The van der Waals surface area contributed by atoms with Crippen molar-refractivity contribution in [3.8, 4) is 17.0 Å². The first-order valence-electron chi connectivity index (χ1n) is 11.2. The molecule has 1 aromatic carbocycles. The van der Waals surface area contributed by atoms with E-state index >= 15 is 4.39 Å². The lowest BCUT2D eigenvalue weighted by molar-refractivity contribution is -0.0262. The lowest BCUT2D eigenvalue weighted by Gasteiger charge is -2.36. The van der Waals surface area contributed by atoms with Crippen LogP contribution in [0, 0.1) is 18.7 Å². The number of nitrogens with zero attached hydrogens (tertiary/aromatic N) is 2. The number of nitrogens with one attached hydrogen (secondary N) is 2. The summed E-state index contributed by atoms with van der Waals surface area (Å²) in [5, 5.41) is 16.5. The van der Waals surface area contributed by atoms with Gasteiger partial charge in [0.05, 0.1) is 11.8 Å². The van der Waals surface area contributed by atoms with E-state index < -0.39 is 18.0 Å². The van der Waals surface area contributed by atoms with Crippen molar-refractivity contribution in [2.75, 3.05) is 29.5 Å². The van der Waals surface area contributed by atoms with Crippen LogP contribution in [0.4, 0.5) is 26.4 Å². The van der Waals surface area contributed by atoms with Gasteiger partial charge >= 0.3 is 6.09 Å². The SMILES string of the molecule is Cc1c(-c2cc3cc(NC(=O)O[C@H]4C[C@@H]([C@@H](C)O)C4)ncc3c(N)c2F)cnc2c1NCCO2. The Labute approximate surface area is 195 Å². The van der Waals surface area contributed by atoms with Crippen molar-refractivity contribution in [2.45, 2.75) is 38.9 Å². The van der Waals surface area contributed by atoms with E-state index in [0.29, 0.717) is 53.8 Å². The van der Waals surface area contributed by atoms with Crippen LogP contribution in [0.3, 0.4) is 0 Å². The second-order valence-electron chi connectivity index (χ2n) is 8.82. The largest absolute Gasteiger partial charge is 0.474 e. The number of amides is 1. The summed E-state index contributed by atoms with van der Waals surface area (Å²) in [4.78, 5) is 20.8. The lowest BCUT2D eigenvalue weighted by Crippen LogP contribution is -2.39. The molecule has 1 atom stereocenters. The van der Waals surface area contributed by atoms with Gasteiger partial charge in [0.15, 0.2) is 5.82 Å². The number of nitrogen functional groups attached to an aromatic ring is 1. The zero-order chi connectivity index (χ0) is 24.0. The molecule has 1 aliphatic carbocycles. The van der Waals surface area contributed by atoms with Gasteiger partial charge in [0, 0.05) is 35.5 Å². The molecule has 9 nitrogen and oxygen atoms in total. The van der Waals surface area contributed by atoms with Gasteiger partial charge in [-0.2, -0.15) is 0 Å². The summed E-state index contributed by atoms with van der Waals surface area (Å²) in [6.07, 6.45) is 2.98. The van der Waals surface area contributed by atoms with Gasteiger partial charge in [-0.15, -0.1) is 0 Å². The number of benzene rings is 1. The minimum atomic E-state index is -0.628. The first kappa shape index (κ1) is 22.1. The molecular weight excluding hydrogens is 441 g/mol. The Bertz CT molecular complexity index is 1280. The van der Waals surface area contributed by atoms with Crippen LogP contribution in [-0.2, 0) is 4.74 Å². The molecule has 0 spiro atoms. The fourth-order valence-electron chi connectivity index (χ4n) is 4.44. The Morgan fingerprint density at radius 3 is 2.88 bits per heavy atom. The molecule has 0 radical (unpaired) electrons. The van der Waals surface area contributed by atoms with Crippen molar-refractivity contribution in [1.29, 1.82) is 0 Å². The average molecular weight is 468 g/mol. The summed E-state index contributed by atoms with van der Waals surface area (Å²) >= 11 is 0. The maximum absolute atomic E-state index is 15.3. The van der Waals surface area contributed by atoms with E-state index in [1.807, 2.05) is 6.92 Å². The second kappa shape index (κ2) is 8.60. The third-order valence-electron chi connectivity index (χ3n) is 6.55. The number of hydrogen-bond acceptors (Lipinski definition) is 8. The average Bonchev–Trinajstić information content (AvgIpc) is 2.79. The van der Waals surface area contributed by atoms with Gasteiger partial charge in [-0.25, -0.2) is 19.2 Å². The number of carbonyl (C=O) groups is 1. The molecule has 10 heteroatoms. The molecule has 3 aromatic rings. The molecule has 2 aliphatic rings. The number of anilines is 3. The molecule has 178 valence electrons. The van der Waals surface area contributed by atoms with E-state index in [-0.39, 0.29) is 23.5 Å². The highest BCUT2D eigenvalue weighted by Crippen LogP contribution is 2.39. The van der Waals surface area contributed by atoms with Crippen molar-refractivity contribution in [1.82, 2.24) is 9.97 Å². The number of carbonyl (C=O) groups excluding carboxylic acids is 1. The standard InChI is InChI=1S/C24H26FN5O4/c1-11-17(9-29-23-22(11)27-3-4-33-23)16-7-14-8-19(28-10-18(14)21(26)20(16)25)30-24(32)34-15-5-13(6-15)12(2)31/h7-10,12-13,15,27,31H,3-6,26H2,1-2H3,(H,28,30,32)/t12-,13-,15+/m1/s1. The number of ether oxygens (including phenoxy) is 2. The number of nitrogens with two attached hydrogens (primary N) is 1. The van der Waals surface area contributed by atoms with Crippen molar-refractivity contribution >= 4 is 34.1 Å². The Hall–Kier alpha value is -3.66. The van der Waals surface area contributed by atoms with E-state index in [1.54, 1.807) is 25.3 Å². The third kappa shape index (κ3) is 3.94. The van der Waals surface area contributed by atoms with Gasteiger partial charge in [-0.3, -0.25) is 5.32 Å². The maximum atomic E-state index is 15.3. The molecule has 1 fully saturated rings. The molecule has 1 amide bonds. The highest BCUT2D eigenvalue weighted by atomic mass is 19.1. The van der Waals surface area contributed by atoms with Crippen molar-refractivity contribution < 1.29 is 23.8 Å². The summed E-state index contributed by atoms with van der Waals surface area (Å²) in [5.74, 6) is 0.336. The predicted octanol–water partition coefficient (Wildman–Crippen LogP) is 3.84. The number of rotatable bonds is 4. The van der Waals surface area contributed by atoms with Crippen LogP contribution in [-0.4, -0.2) is 46.5 Å². The predicted molar refractivity (Wildman–Crippen MR) is 126 cm³/mol. The van der Waals surface area contributed by atoms with E-state index in [1.165, 1.54) is 6.20 Å². The molecule has 34 heavy (non-hydrogen) atoms. The molecule has 0 saturated heterocycles. The lowest BCUT2D eigenvalue weighted by atomic mass is 9.79. The van der Waals surface area contributed by atoms with Gasteiger partial charge in [0.1, 0.15) is 24.2 Å². The first-order valence-corrected chi connectivity index (χ1v) is 11.2. The van der Waals surface area contributed by atoms with Crippen LogP contribution in [0.15, 0.2) is 24.5 Å². The number of pyridine rings is 2. The van der Waals surface area contributed by atoms with Gasteiger partial charge in [0.25, 0.3) is 0 Å². The van der Waals surface area contributed by atoms with Crippen LogP contribution in [0.2, 0.25) is 0 Å². The van der Waals surface area contributed by atoms with E-state index in [9.17, 15) is 9.90 Å². The summed E-state index contributed by atoms with van der Waals surface area (Å²) in [7, 11) is 0. The number of hydrogen-bond donors (Lipinski definition) is 4. The molecule has 5 rings (SSSR count). The van der Waals surface area contributed by atoms with Crippen molar-refractivity contribution in [2.24, 2.45) is 5.92 Å². The molecule has 1 aliphatic heterocycles. The van der Waals surface area contributed by atoms with Crippen LogP contribution in [0.25, 0.3) is 21.9 Å². The van der Waals surface area contributed by atoms with E-state index in [4.69, 9.17) is 15.2 Å². The fraction of sp³-hybridized carbons (Fsp3) is 0.375. The number of fused-ring (bicyclic) bond motifs is 2. The van der Waals surface area contributed by atoms with Crippen LogP contribution < -0.4 is 21.1 Å². The normalized spacial score (nSPS) is 19.9. The fourth-order valence-corrected chi connectivity index (χ4v) is 4.44. The third-order valence-corrected chi connectivity index (χ3v) is 6.55. The Balaban J connectivity index is 1.42. The molecule has 1 saturated carbocycles. The van der Waals surface area contributed by atoms with Crippen molar-refractivity contribution in [3.05, 3.63) is 35.9 Å². The number of halogens is 1.